The standard InChI is InChI=1S/C17H21N3O/c1-21-17-18-10-9-16(19-17)15-8-5-11-20(13-15)12-14-6-3-2-4-7-14/h2-4,6-7,9-10,15H,5,8,11-13H2,1H3. The second kappa shape index (κ2) is 6.68. The maximum Gasteiger partial charge on any atom is 0.316 e. The summed E-state index contributed by atoms with van der Waals surface area (Å²) >= 11 is 0. The zero-order valence-corrected chi connectivity index (χ0v) is 12.4. The van der Waals surface area contributed by atoms with Gasteiger partial charge in [-0.2, -0.15) is 4.98 Å². The number of rotatable bonds is 4. The van der Waals surface area contributed by atoms with E-state index in [2.05, 4.69) is 45.2 Å². The third kappa shape index (κ3) is 3.58. The molecule has 1 fully saturated rings. The van der Waals surface area contributed by atoms with E-state index >= 15 is 0 Å². The summed E-state index contributed by atoms with van der Waals surface area (Å²) in [6.45, 7) is 3.22. The van der Waals surface area contributed by atoms with Crippen LogP contribution in [-0.4, -0.2) is 35.1 Å². The molecular formula is C17H21N3O. The van der Waals surface area contributed by atoms with Gasteiger partial charge in [0.2, 0.25) is 0 Å². The normalized spacial score (nSPS) is 19.4. The minimum absolute atomic E-state index is 0.465. The van der Waals surface area contributed by atoms with Gasteiger partial charge in [0.15, 0.2) is 0 Å². The average molecular weight is 283 g/mol. The number of aromatic nitrogens is 2. The van der Waals surface area contributed by atoms with Crippen molar-refractivity contribution in [1.29, 1.82) is 0 Å². The van der Waals surface area contributed by atoms with Crippen LogP contribution in [0.2, 0.25) is 0 Å². The van der Waals surface area contributed by atoms with Gasteiger partial charge in [0.05, 0.1) is 12.8 Å². The first-order valence-corrected chi connectivity index (χ1v) is 7.48. The van der Waals surface area contributed by atoms with E-state index in [1.807, 2.05) is 6.07 Å². The molecule has 0 radical (unpaired) electrons. The van der Waals surface area contributed by atoms with Crippen molar-refractivity contribution in [3.8, 4) is 6.01 Å². The summed E-state index contributed by atoms with van der Waals surface area (Å²) < 4.78 is 5.13. The van der Waals surface area contributed by atoms with Crippen molar-refractivity contribution in [2.75, 3.05) is 20.2 Å². The first-order chi connectivity index (χ1) is 10.3. The summed E-state index contributed by atoms with van der Waals surface area (Å²) in [5.74, 6) is 0.472. The number of benzene rings is 1. The number of ether oxygens (including phenoxy) is 1. The lowest BCUT2D eigenvalue weighted by Gasteiger charge is -2.32. The highest BCUT2D eigenvalue weighted by molar-refractivity contribution is 5.16. The van der Waals surface area contributed by atoms with Gasteiger partial charge >= 0.3 is 6.01 Å². The topological polar surface area (TPSA) is 38.2 Å². The van der Waals surface area contributed by atoms with E-state index in [1.165, 1.54) is 18.4 Å². The molecule has 0 saturated carbocycles. The first kappa shape index (κ1) is 14.0. The zero-order chi connectivity index (χ0) is 14.5. The van der Waals surface area contributed by atoms with Gasteiger partial charge in [0, 0.05) is 25.2 Å². The Balaban J connectivity index is 1.67. The van der Waals surface area contributed by atoms with E-state index in [-0.39, 0.29) is 0 Å². The Bertz CT molecular complexity index is 573. The summed E-state index contributed by atoms with van der Waals surface area (Å²) in [6, 6.07) is 13.1. The van der Waals surface area contributed by atoms with Crippen LogP contribution in [0.4, 0.5) is 0 Å². The van der Waals surface area contributed by atoms with Gasteiger partial charge in [0.1, 0.15) is 0 Å². The number of nitrogens with zero attached hydrogens (tertiary/aromatic N) is 3. The molecule has 0 N–H and O–H groups in total. The highest BCUT2D eigenvalue weighted by Crippen LogP contribution is 2.27. The van der Waals surface area contributed by atoms with E-state index in [0.717, 1.165) is 25.3 Å². The molecule has 21 heavy (non-hydrogen) atoms. The van der Waals surface area contributed by atoms with Gasteiger partial charge in [-0.25, -0.2) is 4.98 Å². The Morgan fingerprint density at radius 2 is 2.10 bits per heavy atom. The lowest BCUT2D eigenvalue weighted by atomic mass is 9.94. The van der Waals surface area contributed by atoms with E-state index in [1.54, 1.807) is 13.3 Å². The number of hydrogen-bond acceptors (Lipinski definition) is 4. The molecular weight excluding hydrogens is 262 g/mol. The van der Waals surface area contributed by atoms with Gasteiger partial charge in [0.25, 0.3) is 0 Å². The van der Waals surface area contributed by atoms with Crippen LogP contribution in [0.25, 0.3) is 0 Å². The second-order valence-electron chi connectivity index (χ2n) is 5.53. The van der Waals surface area contributed by atoms with Crippen LogP contribution in [0.3, 0.4) is 0 Å². The molecule has 4 heteroatoms. The molecule has 4 nitrogen and oxygen atoms in total. The molecule has 0 bridgehead atoms. The van der Waals surface area contributed by atoms with Gasteiger partial charge in [-0.15, -0.1) is 0 Å². The number of piperidine rings is 1. The van der Waals surface area contributed by atoms with Gasteiger partial charge in [-0.3, -0.25) is 4.90 Å². The Morgan fingerprint density at radius 1 is 1.24 bits per heavy atom. The molecule has 1 atom stereocenters. The van der Waals surface area contributed by atoms with Crippen LogP contribution in [-0.2, 0) is 6.54 Å². The fourth-order valence-electron chi connectivity index (χ4n) is 2.96. The summed E-state index contributed by atoms with van der Waals surface area (Å²) in [6.07, 6.45) is 4.19. The molecule has 1 unspecified atom stereocenters. The van der Waals surface area contributed by atoms with Crippen molar-refractivity contribution in [3.05, 3.63) is 53.9 Å². The smallest absolute Gasteiger partial charge is 0.316 e. The molecule has 1 aliphatic heterocycles. The van der Waals surface area contributed by atoms with Crippen molar-refractivity contribution < 1.29 is 4.74 Å². The number of hydrogen-bond donors (Lipinski definition) is 0. The molecule has 2 heterocycles. The van der Waals surface area contributed by atoms with E-state index in [9.17, 15) is 0 Å². The van der Waals surface area contributed by atoms with Crippen LogP contribution in [0.5, 0.6) is 6.01 Å². The van der Waals surface area contributed by atoms with Crippen LogP contribution in [0.1, 0.15) is 30.0 Å². The largest absolute Gasteiger partial charge is 0.467 e. The highest BCUT2D eigenvalue weighted by Gasteiger charge is 2.22. The molecule has 1 aliphatic rings. The van der Waals surface area contributed by atoms with Crippen molar-refractivity contribution >= 4 is 0 Å². The Morgan fingerprint density at radius 3 is 2.90 bits per heavy atom. The quantitative estimate of drug-likeness (QED) is 0.865. The van der Waals surface area contributed by atoms with Gasteiger partial charge in [-0.05, 0) is 31.0 Å². The van der Waals surface area contributed by atoms with Gasteiger partial charge < -0.3 is 4.74 Å². The van der Waals surface area contributed by atoms with E-state index in [0.29, 0.717) is 11.9 Å². The molecule has 1 aromatic carbocycles. The lowest BCUT2D eigenvalue weighted by Crippen LogP contribution is -2.34. The Kier molecular flexibility index (Phi) is 4.46. The van der Waals surface area contributed by atoms with E-state index < -0.39 is 0 Å². The maximum absolute atomic E-state index is 5.13. The molecule has 1 saturated heterocycles. The molecule has 2 aromatic rings. The van der Waals surface area contributed by atoms with Crippen LogP contribution >= 0.6 is 0 Å². The predicted molar refractivity (Wildman–Crippen MR) is 82.3 cm³/mol. The first-order valence-electron chi connectivity index (χ1n) is 7.48. The summed E-state index contributed by atoms with van der Waals surface area (Å²) in [5.41, 5.74) is 2.47. The molecule has 0 spiro atoms. The third-order valence-electron chi connectivity index (χ3n) is 4.01. The molecule has 1 aromatic heterocycles. The van der Waals surface area contributed by atoms with Crippen LogP contribution in [0.15, 0.2) is 42.6 Å². The van der Waals surface area contributed by atoms with Crippen molar-refractivity contribution in [1.82, 2.24) is 14.9 Å². The lowest BCUT2D eigenvalue weighted by molar-refractivity contribution is 0.198. The molecule has 0 amide bonds. The highest BCUT2D eigenvalue weighted by atomic mass is 16.5. The average Bonchev–Trinajstić information content (AvgIpc) is 2.56. The van der Waals surface area contributed by atoms with Crippen LogP contribution < -0.4 is 4.74 Å². The predicted octanol–water partition coefficient (Wildman–Crippen LogP) is 2.86. The fraction of sp³-hybridized carbons (Fsp3) is 0.412. The minimum Gasteiger partial charge on any atom is -0.467 e. The maximum atomic E-state index is 5.13. The van der Waals surface area contributed by atoms with Crippen molar-refractivity contribution in [3.63, 3.8) is 0 Å². The van der Waals surface area contributed by atoms with Crippen molar-refractivity contribution in [2.45, 2.75) is 25.3 Å². The second-order valence-corrected chi connectivity index (χ2v) is 5.53. The molecule has 3 rings (SSSR count). The molecule has 110 valence electrons. The third-order valence-corrected chi connectivity index (χ3v) is 4.01. The van der Waals surface area contributed by atoms with Gasteiger partial charge in [-0.1, -0.05) is 30.3 Å². The monoisotopic (exact) mass is 283 g/mol. The Hall–Kier alpha value is -1.94. The summed E-state index contributed by atoms with van der Waals surface area (Å²) in [4.78, 5) is 11.1. The Labute approximate surface area is 125 Å². The summed E-state index contributed by atoms with van der Waals surface area (Å²) in [7, 11) is 1.61. The summed E-state index contributed by atoms with van der Waals surface area (Å²) in [5, 5.41) is 0. The fourth-order valence-corrected chi connectivity index (χ4v) is 2.96. The van der Waals surface area contributed by atoms with Crippen LogP contribution in [0, 0.1) is 0 Å². The van der Waals surface area contributed by atoms with E-state index in [4.69, 9.17) is 4.74 Å². The molecule has 0 aliphatic carbocycles. The van der Waals surface area contributed by atoms with Crippen molar-refractivity contribution in [2.24, 2.45) is 0 Å². The zero-order valence-electron chi connectivity index (χ0n) is 12.4. The number of likely N-dealkylation sites (tertiary alicyclic amines) is 1. The minimum atomic E-state index is 0.465. The number of methoxy groups -OCH3 is 1. The SMILES string of the molecule is COc1nccc(C2CCCN(Cc3ccccc3)C2)n1.